The first-order valence-electron chi connectivity index (χ1n) is 11.5. The summed E-state index contributed by atoms with van der Waals surface area (Å²) in [7, 11) is -3.66. The third kappa shape index (κ3) is 3.77. The smallest absolute Gasteiger partial charge is 0.285 e. The predicted molar refractivity (Wildman–Crippen MR) is 134 cm³/mol. The highest BCUT2D eigenvalue weighted by molar-refractivity contribution is 7.90. The van der Waals surface area contributed by atoms with Crippen molar-refractivity contribution in [3.8, 4) is 5.69 Å². The van der Waals surface area contributed by atoms with Gasteiger partial charge in [0.2, 0.25) is 11.9 Å². The molecule has 0 unspecified atom stereocenters. The average Bonchev–Trinajstić information content (AvgIpc) is 3.39. The number of sulfonamides is 1. The van der Waals surface area contributed by atoms with Crippen molar-refractivity contribution in [2.75, 3.05) is 18.4 Å². The van der Waals surface area contributed by atoms with E-state index in [0.717, 1.165) is 16.7 Å². The van der Waals surface area contributed by atoms with Crippen molar-refractivity contribution in [3.05, 3.63) is 84.4 Å². The van der Waals surface area contributed by atoms with Gasteiger partial charge < -0.3 is 4.90 Å². The van der Waals surface area contributed by atoms with Gasteiger partial charge in [0.15, 0.2) is 5.84 Å². The van der Waals surface area contributed by atoms with Crippen LogP contribution in [0.4, 0.5) is 5.95 Å². The number of likely N-dealkylation sites (tertiary alicyclic amines) is 1. The number of aromatic nitrogens is 2. The number of benzene rings is 3. The maximum atomic E-state index is 13.2. The van der Waals surface area contributed by atoms with Crippen molar-refractivity contribution in [1.82, 2.24) is 14.5 Å². The van der Waals surface area contributed by atoms with Crippen LogP contribution in [0.3, 0.4) is 0 Å². The Balaban J connectivity index is 1.21. The quantitative estimate of drug-likeness (QED) is 0.476. The second kappa shape index (κ2) is 8.35. The second-order valence-corrected chi connectivity index (χ2v) is 10.3. The molecular weight excluding hydrogens is 462 g/mol. The van der Waals surface area contributed by atoms with E-state index < -0.39 is 10.0 Å². The van der Waals surface area contributed by atoms with Crippen LogP contribution in [0.1, 0.15) is 18.4 Å². The van der Waals surface area contributed by atoms with Gasteiger partial charge in [-0.1, -0.05) is 42.5 Å². The minimum absolute atomic E-state index is 0.0847. The number of carbonyl (C=O) groups is 1. The summed E-state index contributed by atoms with van der Waals surface area (Å²) in [6.45, 7) is 1.10. The monoisotopic (exact) mass is 485 g/mol. The summed E-state index contributed by atoms with van der Waals surface area (Å²) in [4.78, 5) is 20.1. The molecule has 1 saturated heterocycles. The average molecular weight is 486 g/mol. The number of hydrogen-bond acceptors (Lipinski definition) is 5. The minimum atomic E-state index is -3.66. The third-order valence-corrected chi connectivity index (χ3v) is 7.91. The van der Waals surface area contributed by atoms with E-state index in [4.69, 9.17) is 0 Å². The Morgan fingerprint density at radius 1 is 0.886 bits per heavy atom. The Morgan fingerprint density at radius 3 is 2.37 bits per heavy atom. The summed E-state index contributed by atoms with van der Waals surface area (Å²) in [6, 6.07) is 24.5. The summed E-state index contributed by atoms with van der Waals surface area (Å²) in [6.07, 6.45) is 1.19. The number of anilines is 1. The Kier molecular flexibility index (Phi) is 5.14. The highest BCUT2D eigenvalue weighted by atomic mass is 32.2. The van der Waals surface area contributed by atoms with Gasteiger partial charge in [-0.2, -0.15) is 8.42 Å². The summed E-state index contributed by atoms with van der Waals surface area (Å²) in [5.74, 6) is 0.679. The van der Waals surface area contributed by atoms with E-state index in [1.807, 2.05) is 70.1 Å². The number of rotatable bonds is 3. The molecule has 9 heteroatoms. The predicted octanol–water partition coefficient (Wildman–Crippen LogP) is 3.83. The fraction of sp³-hybridized carbons (Fsp3) is 0.192. The fourth-order valence-corrected chi connectivity index (χ4v) is 6.06. The number of fused-ring (bicyclic) bond motifs is 2. The number of amides is 1. The SMILES string of the molecule is O=C(Nc1nc2ccccc2n1-c1ccccc1)C1CCN(C2=NS(=O)(=O)c3ccccc32)CC1. The molecule has 2 aliphatic rings. The lowest BCUT2D eigenvalue weighted by molar-refractivity contribution is -0.121. The van der Waals surface area contributed by atoms with Crippen LogP contribution in [0.15, 0.2) is 88.2 Å². The van der Waals surface area contributed by atoms with E-state index in [1.165, 1.54) is 0 Å². The van der Waals surface area contributed by atoms with Gasteiger partial charge in [-0.05, 0) is 49.2 Å². The van der Waals surface area contributed by atoms with Crippen LogP contribution in [-0.4, -0.2) is 47.7 Å². The molecule has 1 aromatic heterocycles. The van der Waals surface area contributed by atoms with Gasteiger partial charge in [0, 0.05) is 30.3 Å². The van der Waals surface area contributed by atoms with E-state index >= 15 is 0 Å². The number of amidine groups is 1. The Hall–Kier alpha value is -3.98. The van der Waals surface area contributed by atoms with Crippen LogP contribution in [0.2, 0.25) is 0 Å². The van der Waals surface area contributed by atoms with E-state index in [-0.39, 0.29) is 16.7 Å². The molecule has 8 nitrogen and oxygen atoms in total. The molecule has 2 aliphatic heterocycles. The molecule has 0 bridgehead atoms. The highest BCUT2D eigenvalue weighted by Crippen LogP contribution is 2.30. The lowest BCUT2D eigenvalue weighted by atomic mass is 9.95. The molecule has 0 atom stereocenters. The molecule has 3 aromatic carbocycles. The molecule has 35 heavy (non-hydrogen) atoms. The van der Waals surface area contributed by atoms with Crippen molar-refractivity contribution in [2.24, 2.45) is 10.3 Å². The Bertz CT molecular complexity index is 1570. The number of hydrogen-bond donors (Lipinski definition) is 1. The molecule has 1 fully saturated rings. The first kappa shape index (κ1) is 21.5. The summed E-state index contributed by atoms with van der Waals surface area (Å²) in [5, 5.41) is 3.05. The van der Waals surface area contributed by atoms with Crippen LogP contribution in [-0.2, 0) is 14.8 Å². The van der Waals surface area contributed by atoms with E-state index in [9.17, 15) is 13.2 Å². The number of nitrogens with one attached hydrogen (secondary N) is 1. The first-order chi connectivity index (χ1) is 17.0. The maximum Gasteiger partial charge on any atom is 0.285 e. The van der Waals surface area contributed by atoms with E-state index in [1.54, 1.807) is 18.2 Å². The van der Waals surface area contributed by atoms with E-state index in [0.29, 0.717) is 43.3 Å². The molecule has 1 amide bonds. The molecule has 0 radical (unpaired) electrons. The molecule has 0 spiro atoms. The molecule has 3 heterocycles. The minimum Gasteiger partial charge on any atom is -0.355 e. The van der Waals surface area contributed by atoms with Gasteiger partial charge in [0.05, 0.1) is 11.0 Å². The van der Waals surface area contributed by atoms with Crippen molar-refractivity contribution in [1.29, 1.82) is 0 Å². The van der Waals surface area contributed by atoms with Gasteiger partial charge in [-0.3, -0.25) is 14.7 Å². The number of carbonyl (C=O) groups excluding carboxylic acids is 1. The van der Waals surface area contributed by atoms with Crippen molar-refractivity contribution < 1.29 is 13.2 Å². The first-order valence-corrected chi connectivity index (χ1v) is 13.0. The molecule has 0 aliphatic carbocycles. The Morgan fingerprint density at radius 2 is 1.57 bits per heavy atom. The lowest BCUT2D eigenvalue weighted by Crippen LogP contribution is -2.41. The normalized spacial score (nSPS) is 17.3. The van der Waals surface area contributed by atoms with Gasteiger partial charge in [-0.25, -0.2) is 4.98 Å². The zero-order chi connectivity index (χ0) is 24.0. The summed E-state index contributed by atoms with van der Waals surface area (Å²) < 4.78 is 30.8. The largest absolute Gasteiger partial charge is 0.355 e. The maximum absolute atomic E-state index is 13.2. The topological polar surface area (TPSA) is 96.7 Å². The van der Waals surface area contributed by atoms with Gasteiger partial charge in [-0.15, -0.1) is 4.40 Å². The third-order valence-electron chi connectivity index (χ3n) is 6.59. The number of imidazole rings is 1. The molecule has 4 aromatic rings. The van der Waals surface area contributed by atoms with Crippen LogP contribution >= 0.6 is 0 Å². The standard InChI is InChI=1S/C26H23N5O3S/c32-25(28-26-27-21-11-5-6-12-22(21)31(26)19-8-2-1-3-9-19)18-14-16-30(17-15-18)24-20-10-4-7-13-23(20)35(33,34)29-24/h1-13,18H,14-17H2,(H,27,28,32). The summed E-state index contributed by atoms with van der Waals surface area (Å²) in [5.41, 5.74) is 3.28. The van der Waals surface area contributed by atoms with Gasteiger partial charge in [0.1, 0.15) is 4.90 Å². The van der Waals surface area contributed by atoms with Crippen LogP contribution in [0.25, 0.3) is 16.7 Å². The Labute approximate surface area is 203 Å². The van der Waals surface area contributed by atoms with Crippen LogP contribution in [0.5, 0.6) is 0 Å². The van der Waals surface area contributed by atoms with Crippen molar-refractivity contribution in [3.63, 3.8) is 0 Å². The fourth-order valence-electron chi connectivity index (χ4n) is 4.83. The molecule has 1 N–H and O–H groups in total. The molecule has 6 rings (SSSR count). The zero-order valence-corrected chi connectivity index (χ0v) is 19.6. The molecule has 0 saturated carbocycles. The second-order valence-electron chi connectivity index (χ2n) is 8.73. The molecular formula is C26H23N5O3S. The van der Waals surface area contributed by atoms with E-state index in [2.05, 4.69) is 14.7 Å². The van der Waals surface area contributed by atoms with Crippen molar-refractivity contribution >= 4 is 38.7 Å². The lowest BCUT2D eigenvalue weighted by Gasteiger charge is -2.32. The van der Waals surface area contributed by atoms with Crippen LogP contribution < -0.4 is 5.32 Å². The number of para-hydroxylation sites is 3. The van der Waals surface area contributed by atoms with Gasteiger partial charge in [0.25, 0.3) is 10.0 Å². The number of nitrogens with zero attached hydrogens (tertiary/aromatic N) is 4. The zero-order valence-electron chi connectivity index (χ0n) is 18.8. The van der Waals surface area contributed by atoms with Crippen LogP contribution in [0, 0.1) is 5.92 Å². The summed E-state index contributed by atoms with van der Waals surface area (Å²) >= 11 is 0. The highest BCUT2D eigenvalue weighted by Gasteiger charge is 2.34. The van der Waals surface area contributed by atoms with Crippen molar-refractivity contribution in [2.45, 2.75) is 17.7 Å². The van der Waals surface area contributed by atoms with Gasteiger partial charge >= 0.3 is 0 Å². The molecule has 176 valence electrons. The number of piperidine rings is 1.